The summed E-state index contributed by atoms with van der Waals surface area (Å²) in [5.74, 6) is -0.135. The first kappa shape index (κ1) is 14.1. The van der Waals surface area contributed by atoms with Crippen molar-refractivity contribution in [2.75, 3.05) is 0 Å². The third kappa shape index (κ3) is 2.44. The smallest absolute Gasteiger partial charge is 0.311 e. The number of tetrazole rings is 1. The van der Waals surface area contributed by atoms with Gasteiger partial charge in [0, 0.05) is 0 Å². The van der Waals surface area contributed by atoms with Crippen LogP contribution in [0.15, 0.2) is 0 Å². The largest absolute Gasteiger partial charge is 0.481 e. The summed E-state index contributed by atoms with van der Waals surface area (Å²) in [5, 5.41) is 22.3. The predicted molar refractivity (Wildman–Crippen MR) is 76.9 cm³/mol. The number of hydrogen-bond acceptors (Lipinski definition) is 6. The summed E-state index contributed by atoms with van der Waals surface area (Å²) in [6.07, 6.45) is 3.26. The molecule has 0 aromatic carbocycles. The van der Waals surface area contributed by atoms with E-state index in [1.807, 2.05) is 13.8 Å². The van der Waals surface area contributed by atoms with Crippen molar-refractivity contribution >= 4 is 17.3 Å². The molecule has 2 aromatic rings. The lowest BCUT2D eigenvalue weighted by atomic mass is 9.86. The quantitative estimate of drug-likeness (QED) is 0.929. The van der Waals surface area contributed by atoms with Gasteiger partial charge in [0.15, 0.2) is 5.82 Å². The number of carboxylic acids is 1. The maximum Gasteiger partial charge on any atom is 0.311 e. The highest BCUT2D eigenvalue weighted by molar-refractivity contribution is 7.15. The molecule has 8 heteroatoms. The molecule has 7 nitrogen and oxygen atoms in total. The van der Waals surface area contributed by atoms with Gasteiger partial charge >= 0.3 is 5.97 Å². The first-order valence-electron chi connectivity index (χ1n) is 6.96. The van der Waals surface area contributed by atoms with Crippen LogP contribution in [0.1, 0.15) is 36.4 Å². The Kier molecular flexibility index (Phi) is 3.48. The lowest BCUT2D eigenvalue weighted by molar-refractivity contribution is -0.149. The van der Waals surface area contributed by atoms with Crippen molar-refractivity contribution in [3.05, 3.63) is 10.7 Å². The van der Waals surface area contributed by atoms with Gasteiger partial charge in [-0.2, -0.15) is 0 Å². The third-order valence-electron chi connectivity index (χ3n) is 4.11. The van der Waals surface area contributed by atoms with Gasteiger partial charge in [0.25, 0.3) is 0 Å². The summed E-state index contributed by atoms with van der Waals surface area (Å²) in [4.78, 5) is 17.0. The summed E-state index contributed by atoms with van der Waals surface area (Å²) in [6, 6.07) is 0. The second kappa shape index (κ2) is 5.18. The van der Waals surface area contributed by atoms with Gasteiger partial charge in [-0.3, -0.25) is 4.79 Å². The number of aromatic nitrogens is 5. The van der Waals surface area contributed by atoms with E-state index in [9.17, 15) is 9.90 Å². The molecule has 1 aliphatic rings. The fraction of sp³-hybridized carbons (Fsp3) is 0.615. The van der Waals surface area contributed by atoms with Gasteiger partial charge in [0.2, 0.25) is 0 Å². The molecule has 0 unspecified atom stereocenters. The molecule has 0 spiro atoms. The maximum absolute atomic E-state index is 11.7. The summed E-state index contributed by atoms with van der Waals surface area (Å²) < 4.78 is 1.62. The van der Waals surface area contributed by atoms with Gasteiger partial charge in [-0.25, -0.2) is 9.67 Å². The van der Waals surface area contributed by atoms with Crippen LogP contribution in [0.25, 0.3) is 10.7 Å². The van der Waals surface area contributed by atoms with E-state index in [2.05, 4.69) is 20.5 Å². The van der Waals surface area contributed by atoms with Crippen LogP contribution in [0.5, 0.6) is 0 Å². The van der Waals surface area contributed by atoms with Crippen LogP contribution in [-0.4, -0.2) is 36.3 Å². The molecular weight excluding hydrogens is 290 g/mol. The Morgan fingerprint density at radius 1 is 1.38 bits per heavy atom. The van der Waals surface area contributed by atoms with Crippen LogP contribution in [0.4, 0.5) is 0 Å². The summed E-state index contributed by atoms with van der Waals surface area (Å²) in [5.41, 5.74) is 0.141. The minimum Gasteiger partial charge on any atom is -0.481 e. The van der Waals surface area contributed by atoms with Crippen LogP contribution < -0.4 is 0 Å². The molecule has 112 valence electrons. The van der Waals surface area contributed by atoms with Crippen LogP contribution in [0.2, 0.25) is 0 Å². The monoisotopic (exact) mass is 307 g/mol. The zero-order valence-corrected chi connectivity index (χ0v) is 12.9. The first-order valence-corrected chi connectivity index (χ1v) is 7.77. The number of thiazole rings is 1. The average Bonchev–Trinajstić information content (AvgIpc) is 3.11. The second-order valence-corrected chi connectivity index (χ2v) is 6.80. The Labute approximate surface area is 126 Å². The van der Waals surface area contributed by atoms with E-state index in [0.29, 0.717) is 25.2 Å². The van der Waals surface area contributed by atoms with Crippen LogP contribution in [-0.2, 0) is 11.3 Å². The molecule has 0 aliphatic heterocycles. The Morgan fingerprint density at radius 3 is 2.67 bits per heavy atom. The SMILES string of the molecule is Cc1nc(C)c(-c2nnnn2CC2(C(=O)O)CCCC2)s1. The minimum absolute atomic E-state index is 0.320. The number of carboxylic acid groups (broad SMARTS) is 1. The number of hydrogen-bond donors (Lipinski definition) is 1. The maximum atomic E-state index is 11.7. The Bertz CT molecular complexity index is 672. The number of aryl methyl sites for hydroxylation is 2. The van der Waals surface area contributed by atoms with Crippen molar-refractivity contribution in [2.45, 2.75) is 46.1 Å². The molecule has 21 heavy (non-hydrogen) atoms. The van der Waals surface area contributed by atoms with Gasteiger partial charge < -0.3 is 5.11 Å². The van der Waals surface area contributed by atoms with E-state index in [1.165, 1.54) is 11.3 Å². The van der Waals surface area contributed by atoms with Gasteiger partial charge in [0.05, 0.1) is 27.5 Å². The van der Waals surface area contributed by atoms with Crippen molar-refractivity contribution in [3.63, 3.8) is 0 Å². The van der Waals surface area contributed by atoms with E-state index in [1.54, 1.807) is 4.68 Å². The van der Waals surface area contributed by atoms with E-state index < -0.39 is 11.4 Å². The van der Waals surface area contributed by atoms with Gasteiger partial charge in [0.1, 0.15) is 0 Å². The zero-order valence-electron chi connectivity index (χ0n) is 12.0. The summed E-state index contributed by atoms with van der Waals surface area (Å²) in [7, 11) is 0. The normalized spacial score (nSPS) is 17.2. The molecule has 2 aromatic heterocycles. The molecule has 1 aliphatic carbocycles. The molecule has 2 heterocycles. The lowest BCUT2D eigenvalue weighted by Crippen LogP contribution is -2.33. The zero-order chi connectivity index (χ0) is 15.0. The summed E-state index contributed by atoms with van der Waals surface area (Å²) in [6.45, 7) is 4.17. The Hall–Kier alpha value is -1.83. The molecular formula is C13H17N5O2S. The highest BCUT2D eigenvalue weighted by Crippen LogP contribution is 2.40. The van der Waals surface area contributed by atoms with Crippen molar-refractivity contribution in [2.24, 2.45) is 5.41 Å². The second-order valence-electron chi connectivity index (χ2n) is 5.60. The fourth-order valence-electron chi connectivity index (χ4n) is 2.99. The molecule has 0 radical (unpaired) electrons. The third-order valence-corrected chi connectivity index (χ3v) is 5.17. The predicted octanol–water partition coefficient (Wildman–Crippen LogP) is 2.06. The van der Waals surface area contributed by atoms with E-state index in [0.717, 1.165) is 28.4 Å². The van der Waals surface area contributed by atoms with E-state index in [-0.39, 0.29) is 0 Å². The fourth-order valence-corrected chi connectivity index (χ4v) is 3.90. The number of aliphatic carboxylic acids is 1. The van der Waals surface area contributed by atoms with Gasteiger partial charge in [-0.15, -0.1) is 16.4 Å². The topological polar surface area (TPSA) is 93.8 Å². The highest BCUT2D eigenvalue weighted by Gasteiger charge is 2.42. The van der Waals surface area contributed by atoms with Crippen LogP contribution in [0.3, 0.4) is 0 Å². The lowest BCUT2D eigenvalue weighted by Gasteiger charge is -2.23. The molecule has 0 saturated heterocycles. The van der Waals surface area contributed by atoms with Gasteiger partial charge in [-0.05, 0) is 37.1 Å². The Morgan fingerprint density at radius 2 is 2.10 bits per heavy atom. The highest BCUT2D eigenvalue weighted by atomic mass is 32.1. The average molecular weight is 307 g/mol. The van der Waals surface area contributed by atoms with Gasteiger partial charge in [-0.1, -0.05) is 12.8 Å². The first-order chi connectivity index (χ1) is 10.0. The van der Waals surface area contributed by atoms with Crippen molar-refractivity contribution < 1.29 is 9.90 Å². The minimum atomic E-state index is -0.751. The number of nitrogens with zero attached hydrogens (tertiary/aromatic N) is 5. The van der Waals surface area contributed by atoms with Crippen molar-refractivity contribution in [3.8, 4) is 10.7 Å². The molecule has 1 fully saturated rings. The van der Waals surface area contributed by atoms with Crippen molar-refractivity contribution in [1.82, 2.24) is 25.2 Å². The summed E-state index contributed by atoms with van der Waals surface area (Å²) >= 11 is 1.53. The van der Waals surface area contributed by atoms with Crippen molar-refractivity contribution in [1.29, 1.82) is 0 Å². The van der Waals surface area contributed by atoms with Crippen LogP contribution in [0, 0.1) is 19.3 Å². The molecule has 1 N–H and O–H groups in total. The van der Waals surface area contributed by atoms with Crippen LogP contribution >= 0.6 is 11.3 Å². The Balaban J connectivity index is 1.96. The molecule has 0 atom stereocenters. The number of rotatable bonds is 4. The standard InChI is InChI=1S/C13H17N5O2S/c1-8-10(21-9(2)14-8)11-15-16-17-18(11)7-13(12(19)20)5-3-4-6-13/h3-7H2,1-2H3,(H,19,20). The molecule has 0 amide bonds. The van der Waals surface area contributed by atoms with E-state index >= 15 is 0 Å². The molecule has 3 rings (SSSR count). The number of carbonyl (C=O) groups is 1. The molecule has 0 bridgehead atoms. The van der Waals surface area contributed by atoms with E-state index in [4.69, 9.17) is 0 Å². The molecule has 1 saturated carbocycles.